The van der Waals surface area contributed by atoms with Crippen molar-refractivity contribution in [1.29, 1.82) is 0 Å². The van der Waals surface area contributed by atoms with E-state index in [-0.39, 0.29) is 0 Å². The van der Waals surface area contributed by atoms with Crippen molar-refractivity contribution in [2.24, 2.45) is 0 Å². The molecule has 0 heteroatoms. The maximum Gasteiger partial charge on any atom is 0.00637 e. The topological polar surface area (TPSA) is 0 Å². The van der Waals surface area contributed by atoms with E-state index in [2.05, 4.69) is 76.2 Å². The van der Waals surface area contributed by atoms with E-state index in [1.165, 1.54) is 50.9 Å². The monoisotopic (exact) mass is 300 g/mol. The first-order valence-electron chi connectivity index (χ1n) is 8.61. The van der Waals surface area contributed by atoms with Gasteiger partial charge in [0.05, 0.1) is 0 Å². The second-order valence-electron chi connectivity index (χ2n) is 7.33. The van der Waals surface area contributed by atoms with E-state index in [0.717, 1.165) is 0 Å². The Kier molecular flexibility index (Phi) is 3.30. The Bertz CT molecular complexity index is 848. The fraction of sp³-hybridized carbons (Fsp3) is 0.304. The second kappa shape index (κ2) is 5.23. The molecule has 23 heavy (non-hydrogen) atoms. The highest BCUT2D eigenvalue weighted by atomic mass is 14.3. The van der Waals surface area contributed by atoms with Crippen LogP contribution in [0.5, 0.6) is 0 Å². The number of benzene rings is 2. The van der Waals surface area contributed by atoms with Crippen LogP contribution in [-0.4, -0.2) is 0 Å². The fourth-order valence-electron chi connectivity index (χ4n) is 4.48. The summed E-state index contributed by atoms with van der Waals surface area (Å²) in [5.74, 6) is 1.12. The third kappa shape index (κ3) is 2.28. The SMILES string of the molecule is CC1=Cc2ccccc2C1CC1C(C)=Cc2c(C)cc(C)cc21. The minimum Gasteiger partial charge on any atom is -0.0652 e. The number of hydrogen-bond acceptors (Lipinski definition) is 0. The van der Waals surface area contributed by atoms with Gasteiger partial charge in [0.25, 0.3) is 0 Å². The van der Waals surface area contributed by atoms with Crippen molar-refractivity contribution >= 4 is 12.2 Å². The summed E-state index contributed by atoms with van der Waals surface area (Å²) in [6.45, 7) is 9.06. The van der Waals surface area contributed by atoms with Gasteiger partial charge in [0.2, 0.25) is 0 Å². The Hall–Kier alpha value is -2.08. The van der Waals surface area contributed by atoms with Crippen molar-refractivity contribution in [2.45, 2.75) is 46.0 Å². The van der Waals surface area contributed by atoms with Crippen molar-refractivity contribution in [3.63, 3.8) is 0 Å². The zero-order chi connectivity index (χ0) is 16.1. The lowest BCUT2D eigenvalue weighted by Gasteiger charge is -2.22. The molecule has 0 aromatic heterocycles. The van der Waals surface area contributed by atoms with Gasteiger partial charge in [0.15, 0.2) is 0 Å². The van der Waals surface area contributed by atoms with Gasteiger partial charge < -0.3 is 0 Å². The Morgan fingerprint density at radius 1 is 0.783 bits per heavy atom. The molecular weight excluding hydrogens is 276 g/mol. The summed E-state index contributed by atoms with van der Waals surface area (Å²) in [4.78, 5) is 0. The molecule has 2 atom stereocenters. The van der Waals surface area contributed by atoms with Gasteiger partial charge in [-0.2, -0.15) is 0 Å². The molecule has 0 spiro atoms. The Labute approximate surface area is 139 Å². The van der Waals surface area contributed by atoms with Crippen LogP contribution in [0.1, 0.15) is 65.5 Å². The molecule has 2 aliphatic rings. The smallest absolute Gasteiger partial charge is 0.00637 e. The van der Waals surface area contributed by atoms with Crippen LogP contribution in [0.2, 0.25) is 0 Å². The molecule has 0 aliphatic heterocycles. The molecular formula is C23H24. The second-order valence-corrected chi connectivity index (χ2v) is 7.33. The van der Waals surface area contributed by atoms with E-state index in [1.54, 1.807) is 0 Å². The summed E-state index contributed by atoms with van der Waals surface area (Å²) in [7, 11) is 0. The summed E-state index contributed by atoms with van der Waals surface area (Å²) >= 11 is 0. The van der Waals surface area contributed by atoms with Gasteiger partial charge >= 0.3 is 0 Å². The first-order chi connectivity index (χ1) is 11.0. The summed E-state index contributed by atoms with van der Waals surface area (Å²) in [6.07, 6.45) is 5.97. The summed E-state index contributed by atoms with van der Waals surface area (Å²) in [5, 5.41) is 0. The average Bonchev–Trinajstić information content (AvgIpc) is 2.99. The predicted octanol–water partition coefficient (Wildman–Crippen LogP) is 6.39. The zero-order valence-electron chi connectivity index (χ0n) is 14.5. The van der Waals surface area contributed by atoms with Crippen molar-refractivity contribution in [3.05, 3.63) is 80.9 Å². The molecule has 0 N–H and O–H groups in total. The first kappa shape index (κ1) is 14.5. The molecule has 0 saturated carbocycles. The third-order valence-electron chi connectivity index (χ3n) is 5.64. The first-order valence-corrected chi connectivity index (χ1v) is 8.61. The Morgan fingerprint density at radius 2 is 1.48 bits per heavy atom. The quantitative estimate of drug-likeness (QED) is 0.602. The van der Waals surface area contributed by atoms with E-state index >= 15 is 0 Å². The maximum absolute atomic E-state index is 2.41. The lowest BCUT2D eigenvalue weighted by Crippen LogP contribution is -2.06. The summed E-state index contributed by atoms with van der Waals surface area (Å²) in [6, 6.07) is 13.6. The van der Waals surface area contributed by atoms with E-state index in [9.17, 15) is 0 Å². The van der Waals surface area contributed by atoms with Gasteiger partial charge in [-0.25, -0.2) is 0 Å². The average molecular weight is 300 g/mol. The molecule has 0 fully saturated rings. The van der Waals surface area contributed by atoms with Gasteiger partial charge in [-0.15, -0.1) is 0 Å². The molecule has 2 aromatic rings. The van der Waals surface area contributed by atoms with E-state index in [4.69, 9.17) is 0 Å². The van der Waals surface area contributed by atoms with Crippen LogP contribution in [0.3, 0.4) is 0 Å². The largest absolute Gasteiger partial charge is 0.0652 e. The Balaban J connectivity index is 1.72. The van der Waals surface area contributed by atoms with E-state index < -0.39 is 0 Å². The maximum atomic E-state index is 2.41. The summed E-state index contributed by atoms with van der Waals surface area (Å²) < 4.78 is 0. The molecule has 4 rings (SSSR count). The van der Waals surface area contributed by atoms with Gasteiger partial charge in [0, 0.05) is 11.8 Å². The highest BCUT2D eigenvalue weighted by molar-refractivity contribution is 5.71. The number of fused-ring (bicyclic) bond motifs is 2. The standard InChI is InChI=1S/C23H24/c1-14-9-15(2)20-12-17(4)22(23(20)10-14)13-21-16(3)11-18-7-5-6-8-19(18)21/h5-12,21-22H,13H2,1-4H3. The summed E-state index contributed by atoms with van der Waals surface area (Å²) in [5.41, 5.74) is 11.8. The molecule has 0 heterocycles. The molecule has 0 saturated heterocycles. The fourth-order valence-corrected chi connectivity index (χ4v) is 4.48. The van der Waals surface area contributed by atoms with Gasteiger partial charge in [-0.1, -0.05) is 65.3 Å². The normalized spacial score (nSPS) is 21.7. The highest BCUT2D eigenvalue weighted by Crippen LogP contribution is 2.47. The lowest BCUT2D eigenvalue weighted by atomic mass is 9.81. The Morgan fingerprint density at radius 3 is 2.30 bits per heavy atom. The molecule has 2 unspecified atom stereocenters. The van der Waals surface area contributed by atoms with E-state index in [0.29, 0.717) is 11.8 Å². The van der Waals surface area contributed by atoms with Crippen molar-refractivity contribution < 1.29 is 0 Å². The van der Waals surface area contributed by atoms with Gasteiger partial charge in [-0.3, -0.25) is 0 Å². The predicted molar refractivity (Wildman–Crippen MR) is 99.8 cm³/mol. The van der Waals surface area contributed by atoms with Gasteiger partial charge in [-0.05, 0) is 61.9 Å². The van der Waals surface area contributed by atoms with Crippen LogP contribution >= 0.6 is 0 Å². The van der Waals surface area contributed by atoms with Crippen LogP contribution < -0.4 is 0 Å². The van der Waals surface area contributed by atoms with Crippen LogP contribution in [0.4, 0.5) is 0 Å². The number of rotatable bonds is 2. The molecule has 116 valence electrons. The molecule has 0 nitrogen and oxygen atoms in total. The minimum absolute atomic E-state index is 0.558. The van der Waals surface area contributed by atoms with Crippen molar-refractivity contribution in [2.75, 3.05) is 0 Å². The van der Waals surface area contributed by atoms with Crippen LogP contribution in [0.25, 0.3) is 12.2 Å². The highest BCUT2D eigenvalue weighted by Gasteiger charge is 2.30. The molecule has 0 bridgehead atoms. The lowest BCUT2D eigenvalue weighted by molar-refractivity contribution is 0.642. The molecule has 0 amide bonds. The van der Waals surface area contributed by atoms with Crippen LogP contribution in [0, 0.1) is 13.8 Å². The van der Waals surface area contributed by atoms with Crippen LogP contribution in [0.15, 0.2) is 47.5 Å². The zero-order valence-corrected chi connectivity index (χ0v) is 14.5. The van der Waals surface area contributed by atoms with Crippen molar-refractivity contribution in [1.82, 2.24) is 0 Å². The van der Waals surface area contributed by atoms with Crippen molar-refractivity contribution in [3.8, 4) is 0 Å². The van der Waals surface area contributed by atoms with Crippen LogP contribution in [-0.2, 0) is 0 Å². The minimum atomic E-state index is 0.558. The number of aryl methyl sites for hydroxylation is 2. The number of allylic oxidation sites excluding steroid dienone is 2. The van der Waals surface area contributed by atoms with Gasteiger partial charge in [0.1, 0.15) is 0 Å². The number of hydrogen-bond donors (Lipinski definition) is 0. The molecule has 0 radical (unpaired) electrons. The third-order valence-corrected chi connectivity index (χ3v) is 5.64. The molecule has 2 aliphatic carbocycles. The van der Waals surface area contributed by atoms with E-state index in [1.807, 2.05) is 0 Å². The molecule has 2 aromatic carbocycles.